The molecule has 0 saturated carbocycles. The Balaban J connectivity index is 0.000000308. The lowest BCUT2D eigenvalue weighted by atomic mass is 10.2. The zero-order chi connectivity index (χ0) is 24.1. The second-order valence-electron chi connectivity index (χ2n) is 7.43. The molecule has 0 amide bonds. The molecule has 0 bridgehead atoms. The molecule has 3 N–H and O–H groups in total. The van der Waals surface area contributed by atoms with Gasteiger partial charge >= 0.3 is 0 Å². The van der Waals surface area contributed by atoms with Crippen LogP contribution in [0.2, 0.25) is 0 Å². The Bertz CT molecular complexity index is 1120. The number of benzene rings is 1. The number of hydrogen-bond donors (Lipinski definition) is 3. The van der Waals surface area contributed by atoms with Gasteiger partial charge in [-0.3, -0.25) is 9.11 Å². The zero-order valence-corrected chi connectivity index (χ0v) is 20.8. The zero-order valence-electron chi connectivity index (χ0n) is 18.3. The van der Waals surface area contributed by atoms with Crippen LogP contribution in [-0.2, 0) is 20.2 Å². The van der Waals surface area contributed by atoms with E-state index in [4.69, 9.17) is 14.1 Å². The number of likely N-dealkylation sites (N-methyl/N-ethyl adjacent to an activating group) is 1. The number of rotatable bonds is 0. The van der Waals surface area contributed by atoms with Crippen molar-refractivity contribution >= 4 is 53.8 Å². The van der Waals surface area contributed by atoms with E-state index < -0.39 is 20.2 Å². The molecule has 13 heteroatoms. The van der Waals surface area contributed by atoms with Crippen LogP contribution in [0.3, 0.4) is 0 Å². The first-order valence-electron chi connectivity index (χ1n) is 9.54. The van der Waals surface area contributed by atoms with E-state index >= 15 is 0 Å². The lowest BCUT2D eigenvalue weighted by Crippen LogP contribution is -2.47. The maximum atomic E-state index is 9.19. The SMILES string of the molecule is CS(=O)(=O)O.CS(=O)(=O)O.Cc1cc2c(s1)Nc1ccccc1N=C2N1CCN(C)CC1. The van der Waals surface area contributed by atoms with Crippen molar-refractivity contribution in [1.82, 2.24) is 9.80 Å². The van der Waals surface area contributed by atoms with Crippen molar-refractivity contribution in [2.75, 3.05) is 51.1 Å². The normalized spacial score (nSPS) is 16.1. The number of piperazine rings is 1. The molecule has 1 aromatic heterocycles. The summed E-state index contributed by atoms with van der Waals surface area (Å²) in [5.41, 5.74) is 3.36. The van der Waals surface area contributed by atoms with Gasteiger partial charge in [-0.2, -0.15) is 16.8 Å². The van der Waals surface area contributed by atoms with E-state index in [2.05, 4.69) is 59.4 Å². The molecule has 0 aliphatic carbocycles. The van der Waals surface area contributed by atoms with E-state index in [0.29, 0.717) is 12.5 Å². The smallest absolute Gasteiger partial charge is 0.261 e. The van der Waals surface area contributed by atoms with Gasteiger partial charge in [-0.1, -0.05) is 12.1 Å². The first-order valence-corrected chi connectivity index (χ1v) is 14.1. The molecular weight excluding hydrogens is 476 g/mol. The van der Waals surface area contributed by atoms with Crippen LogP contribution < -0.4 is 5.32 Å². The molecular formula is C19H28N4O6S3. The summed E-state index contributed by atoms with van der Waals surface area (Å²) in [6.07, 6.45) is 1.43. The van der Waals surface area contributed by atoms with Gasteiger partial charge in [0.2, 0.25) is 0 Å². The number of fused-ring (bicyclic) bond motifs is 2. The van der Waals surface area contributed by atoms with Crippen molar-refractivity contribution in [2.45, 2.75) is 6.92 Å². The van der Waals surface area contributed by atoms with Crippen LogP contribution in [0, 0.1) is 6.92 Å². The van der Waals surface area contributed by atoms with Crippen LogP contribution in [0.5, 0.6) is 0 Å². The number of amidine groups is 1. The van der Waals surface area contributed by atoms with E-state index in [0.717, 1.165) is 43.4 Å². The molecule has 0 spiro atoms. The standard InChI is InChI=1S/C17H20N4S.2CH4O3S/c1-12-11-13-16(21-9-7-20(2)8-10-21)18-14-5-3-4-6-15(14)19-17(13)22-12;2*1-5(2,3)4/h3-6,11,19H,7-10H2,1-2H3;2*1H3,(H,2,3,4). The van der Waals surface area contributed by atoms with Crippen molar-refractivity contribution in [3.05, 3.63) is 40.8 Å². The maximum absolute atomic E-state index is 9.19. The monoisotopic (exact) mass is 504 g/mol. The highest BCUT2D eigenvalue weighted by Gasteiger charge is 2.25. The maximum Gasteiger partial charge on any atom is 0.261 e. The summed E-state index contributed by atoms with van der Waals surface area (Å²) < 4.78 is 51.7. The second-order valence-corrected chi connectivity index (χ2v) is 11.6. The summed E-state index contributed by atoms with van der Waals surface area (Å²) in [4.78, 5) is 11.1. The number of nitrogens with zero attached hydrogens (tertiary/aromatic N) is 3. The molecule has 0 unspecified atom stereocenters. The van der Waals surface area contributed by atoms with Gasteiger partial charge in [-0.05, 0) is 32.2 Å². The van der Waals surface area contributed by atoms with E-state index in [1.807, 2.05) is 0 Å². The van der Waals surface area contributed by atoms with Gasteiger partial charge in [0.25, 0.3) is 20.2 Å². The summed E-state index contributed by atoms with van der Waals surface area (Å²) >= 11 is 1.81. The van der Waals surface area contributed by atoms with E-state index in [1.54, 1.807) is 11.3 Å². The number of anilines is 2. The van der Waals surface area contributed by atoms with Crippen LogP contribution in [0.1, 0.15) is 10.4 Å². The fraction of sp³-hybridized carbons (Fsp3) is 0.421. The highest BCUT2D eigenvalue weighted by molar-refractivity contribution is 7.85. The predicted molar refractivity (Wildman–Crippen MR) is 129 cm³/mol. The van der Waals surface area contributed by atoms with Crippen molar-refractivity contribution in [3.8, 4) is 0 Å². The Labute approximate surface area is 193 Å². The Morgan fingerprint density at radius 2 is 1.53 bits per heavy atom. The molecule has 32 heavy (non-hydrogen) atoms. The van der Waals surface area contributed by atoms with Crippen molar-refractivity contribution in [3.63, 3.8) is 0 Å². The van der Waals surface area contributed by atoms with E-state index in [9.17, 15) is 16.8 Å². The van der Waals surface area contributed by atoms with Crippen LogP contribution >= 0.6 is 11.3 Å². The highest BCUT2D eigenvalue weighted by atomic mass is 32.2. The minimum Gasteiger partial charge on any atom is -0.353 e. The molecule has 178 valence electrons. The number of aliphatic imine (C=N–C) groups is 1. The van der Waals surface area contributed by atoms with Gasteiger partial charge in [0.1, 0.15) is 10.8 Å². The highest BCUT2D eigenvalue weighted by Crippen LogP contribution is 2.39. The molecule has 2 aliphatic rings. The molecule has 4 rings (SSSR count). The third-order valence-corrected chi connectivity index (χ3v) is 5.24. The Morgan fingerprint density at radius 3 is 2.09 bits per heavy atom. The largest absolute Gasteiger partial charge is 0.353 e. The minimum atomic E-state index is -3.67. The van der Waals surface area contributed by atoms with Gasteiger partial charge in [-0.25, -0.2) is 4.99 Å². The number of nitrogens with one attached hydrogen (secondary N) is 1. The fourth-order valence-electron chi connectivity index (χ4n) is 3.01. The molecule has 0 atom stereocenters. The number of para-hydroxylation sites is 2. The summed E-state index contributed by atoms with van der Waals surface area (Å²) in [5, 5.41) is 4.78. The summed E-state index contributed by atoms with van der Waals surface area (Å²) in [5.74, 6) is 1.12. The van der Waals surface area contributed by atoms with Crippen LogP contribution in [0.15, 0.2) is 35.3 Å². The molecule has 3 heterocycles. The van der Waals surface area contributed by atoms with Gasteiger partial charge in [0.15, 0.2) is 0 Å². The molecule has 2 aliphatic heterocycles. The van der Waals surface area contributed by atoms with Gasteiger partial charge in [-0.15, -0.1) is 11.3 Å². The van der Waals surface area contributed by atoms with Crippen LogP contribution in [0.4, 0.5) is 16.4 Å². The van der Waals surface area contributed by atoms with E-state index in [-0.39, 0.29) is 0 Å². The molecule has 10 nitrogen and oxygen atoms in total. The number of hydrogen-bond acceptors (Lipinski definition) is 9. The van der Waals surface area contributed by atoms with Gasteiger partial charge in [0.05, 0.1) is 29.4 Å². The first kappa shape index (κ1) is 26.2. The number of aryl methyl sites for hydroxylation is 1. The summed E-state index contributed by atoms with van der Waals surface area (Å²) in [7, 11) is -5.15. The quantitative estimate of drug-likeness (QED) is 0.462. The molecule has 1 aromatic carbocycles. The Morgan fingerprint density at radius 1 is 1.00 bits per heavy atom. The van der Waals surface area contributed by atoms with E-state index in [1.165, 1.54) is 15.4 Å². The fourth-order valence-corrected chi connectivity index (χ4v) is 3.93. The van der Waals surface area contributed by atoms with Crippen LogP contribution in [0.25, 0.3) is 0 Å². The molecule has 2 aromatic rings. The summed E-state index contributed by atoms with van der Waals surface area (Å²) in [6, 6.07) is 10.6. The summed E-state index contributed by atoms with van der Waals surface area (Å²) in [6.45, 7) is 6.41. The van der Waals surface area contributed by atoms with Crippen LogP contribution in [-0.4, -0.2) is 87.3 Å². The third kappa shape index (κ3) is 9.22. The van der Waals surface area contributed by atoms with Gasteiger partial charge < -0.3 is 15.1 Å². The first-order chi connectivity index (χ1) is 14.7. The average molecular weight is 505 g/mol. The van der Waals surface area contributed by atoms with Crippen molar-refractivity contribution in [2.24, 2.45) is 4.99 Å². The lowest BCUT2D eigenvalue weighted by molar-refractivity contribution is 0.216. The van der Waals surface area contributed by atoms with Crippen molar-refractivity contribution < 1.29 is 25.9 Å². The third-order valence-electron chi connectivity index (χ3n) is 4.28. The second kappa shape index (κ2) is 10.7. The Kier molecular flexibility index (Phi) is 8.79. The molecule has 1 saturated heterocycles. The predicted octanol–water partition coefficient (Wildman–Crippen LogP) is 2.45. The van der Waals surface area contributed by atoms with Gasteiger partial charge in [0, 0.05) is 31.1 Å². The average Bonchev–Trinajstić information content (AvgIpc) is 2.92. The Hall–Kier alpha value is -2.03. The minimum absolute atomic E-state index is 0.715. The number of thiophene rings is 1. The van der Waals surface area contributed by atoms with Crippen molar-refractivity contribution in [1.29, 1.82) is 0 Å². The topological polar surface area (TPSA) is 140 Å². The lowest BCUT2D eigenvalue weighted by Gasteiger charge is -2.34. The molecule has 0 radical (unpaired) electrons. The molecule has 1 fully saturated rings.